The summed E-state index contributed by atoms with van der Waals surface area (Å²) in [5, 5.41) is 12.3. The van der Waals surface area contributed by atoms with Crippen molar-refractivity contribution in [3.63, 3.8) is 0 Å². The number of halogens is 1. The van der Waals surface area contributed by atoms with Crippen LogP contribution in [-0.4, -0.2) is 51.4 Å². The number of rotatable bonds is 9. The number of carbonyl (C=O) groups excluding carboxylic acids is 1. The second kappa shape index (κ2) is 10.7. The van der Waals surface area contributed by atoms with E-state index in [1.54, 1.807) is 30.4 Å². The largest absolute Gasteiger partial charge is 0.497 e. The summed E-state index contributed by atoms with van der Waals surface area (Å²) in [6.45, 7) is -0.414. The third-order valence-corrected chi connectivity index (χ3v) is 6.42. The zero-order chi connectivity index (χ0) is 23.1. The first-order chi connectivity index (χ1) is 15.3. The molecule has 2 aromatic rings. The number of carbonyl (C=O) groups is 1. The molecule has 1 aliphatic rings. The Labute approximate surface area is 186 Å². The predicted octanol–water partition coefficient (Wildman–Crippen LogP) is 1.50. The van der Waals surface area contributed by atoms with Gasteiger partial charge in [-0.1, -0.05) is 30.4 Å². The molecule has 0 fully saturated rings. The number of amides is 1. The molecule has 0 unspecified atom stereocenters. The van der Waals surface area contributed by atoms with Gasteiger partial charge in [-0.3, -0.25) is 4.79 Å². The quantitative estimate of drug-likeness (QED) is 0.485. The molecular weight excluding hydrogens is 439 g/mol. The molecule has 0 radical (unpaired) electrons. The van der Waals surface area contributed by atoms with Gasteiger partial charge in [-0.25, -0.2) is 17.5 Å². The molecule has 3 atom stereocenters. The van der Waals surface area contributed by atoms with Gasteiger partial charge in [0.05, 0.1) is 37.2 Å². The summed E-state index contributed by atoms with van der Waals surface area (Å²) in [4.78, 5) is 12.2. The normalized spacial score (nSPS) is 20.7. The van der Waals surface area contributed by atoms with E-state index in [1.165, 1.54) is 37.4 Å². The van der Waals surface area contributed by atoms with Gasteiger partial charge in [0, 0.05) is 12.1 Å². The van der Waals surface area contributed by atoms with Crippen LogP contribution in [0.25, 0.3) is 0 Å². The number of ether oxygens (including phenoxy) is 2. The van der Waals surface area contributed by atoms with Crippen LogP contribution in [0.1, 0.15) is 12.0 Å². The van der Waals surface area contributed by atoms with Crippen molar-refractivity contribution in [2.24, 2.45) is 0 Å². The smallest absolute Gasteiger partial charge is 0.241 e. The van der Waals surface area contributed by atoms with E-state index in [2.05, 4.69) is 10.0 Å². The molecule has 3 N–H and O–H groups in total. The Kier molecular flexibility index (Phi) is 7.97. The van der Waals surface area contributed by atoms with Crippen molar-refractivity contribution >= 4 is 15.9 Å². The molecule has 1 heterocycles. The highest BCUT2D eigenvalue weighted by molar-refractivity contribution is 7.89. The van der Waals surface area contributed by atoms with Crippen molar-refractivity contribution in [3.05, 3.63) is 72.1 Å². The fourth-order valence-corrected chi connectivity index (χ4v) is 4.42. The molecule has 0 aliphatic carbocycles. The Morgan fingerprint density at radius 3 is 2.53 bits per heavy atom. The minimum atomic E-state index is -3.87. The van der Waals surface area contributed by atoms with Crippen LogP contribution in [-0.2, 0) is 26.1 Å². The van der Waals surface area contributed by atoms with E-state index in [0.717, 1.165) is 0 Å². The summed E-state index contributed by atoms with van der Waals surface area (Å²) in [6.07, 6.45) is 1.53. The van der Waals surface area contributed by atoms with Crippen molar-refractivity contribution in [2.75, 3.05) is 13.7 Å². The first-order valence-corrected chi connectivity index (χ1v) is 11.4. The lowest BCUT2D eigenvalue weighted by Gasteiger charge is -2.31. The van der Waals surface area contributed by atoms with Crippen LogP contribution in [0.3, 0.4) is 0 Å². The lowest BCUT2D eigenvalue weighted by Crippen LogP contribution is -2.49. The third kappa shape index (κ3) is 6.13. The van der Waals surface area contributed by atoms with Gasteiger partial charge in [-0.2, -0.15) is 0 Å². The van der Waals surface area contributed by atoms with Crippen molar-refractivity contribution in [1.82, 2.24) is 10.0 Å². The van der Waals surface area contributed by atoms with Gasteiger partial charge < -0.3 is 19.9 Å². The van der Waals surface area contributed by atoms with E-state index < -0.39 is 40.7 Å². The average molecular weight is 465 g/mol. The number of aliphatic hydroxyl groups excluding tert-OH is 1. The van der Waals surface area contributed by atoms with Crippen LogP contribution in [0.2, 0.25) is 0 Å². The maximum Gasteiger partial charge on any atom is 0.241 e. The maximum absolute atomic E-state index is 13.7. The van der Waals surface area contributed by atoms with Gasteiger partial charge in [-0.05, 0) is 30.3 Å². The maximum atomic E-state index is 13.7. The summed E-state index contributed by atoms with van der Waals surface area (Å²) in [5.41, 5.74) is 0.363. The van der Waals surface area contributed by atoms with Crippen LogP contribution in [0.4, 0.5) is 4.39 Å². The monoisotopic (exact) mass is 464 g/mol. The SMILES string of the molecule is COc1ccc(S(=O)(=O)N[C@H]2C=C[C@@H](CC(=O)NCc3ccccc3F)O[C@H]2CO)cc1. The number of aliphatic hydroxyl groups is 1. The lowest BCUT2D eigenvalue weighted by molar-refractivity contribution is -0.125. The molecule has 172 valence electrons. The fraction of sp³-hybridized carbons (Fsp3) is 0.318. The standard InChI is InChI=1S/C22H25FN2O6S/c1-30-16-6-9-18(10-7-16)32(28,29)25-20-11-8-17(31-21(20)14-26)12-22(27)24-13-15-4-2-3-5-19(15)23/h2-11,17,20-21,25-26H,12-14H2,1H3,(H,24,27)/t17-,20-,21-/m0/s1. The number of sulfonamides is 1. The van der Waals surface area contributed by atoms with E-state index in [0.29, 0.717) is 11.3 Å². The Bertz CT molecular complexity index is 1060. The zero-order valence-electron chi connectivity index (χ0n) is 17.4. The van der Waals surface area contributed by atoms with Gasteiger partial charge in [-0.15, -0.1) is 0 Å². The van der Waals surface area contributed by atoms with Gasteiger partial charge in [0.2, 0.25) is 15.9 Å². The van der Waals surface area contributed by atoms with Crippen molar-refractivity contribution in [3.8, 4) is 5.75 Å². The molecule has 1 amide bonds. The summed E-state index contributed by atoms with van der Waals surface area (Å²) in [6, 6.07) is 11.2. The summed E-state index contributed by atoms with van der Waals surface area (Å²) >= 11 is 0. The molecule has 1 aliphatic heterocycles. The predicted molar refractivity (Wildman–Crippen MR) is 115 cm³/mol. The van der Waals surface area contributed by atoms with Gasteiger partial charge in [0.1, 0.15) is 17.7 Å². The molecule has 32 heavy (non-hydrogen) atoms. The fourth-order valence-electron chi connectivity index (χ4n) is 3.20. The molecule has 0 saturated heterocycles. The van der Waals surface area contributed by atoms with Crippen molar-refractivity contribution in [1.29, 1.82) is 0 Å². The number of methoxy groups -OCH3 is 1. The van der Waals surface area contributed by atoms with E-state index >= 15 is 0 Å². The second-order valence-corrected chi connectivity index (χ2v) is 8.89. The molecule has 0 bridgehead atoms. The minimum absolute atomic E-state index is 0.0374. The summed E-state index contributed by atoms with van der Waals surface area (Å²) < 4.78 is 52.2. The van der Waals surface area contributed by atoms with E-state index in [-0.39, 0.29) is 23.8 Å². The molecule has 2 aromatic carbocycles. The van der Waals surface area contributed by atoms with Crippen molar-refractivity contribution < 1.29 is 32.2 Å². The zero-order valence-corrected chi connectivity index (χ0v) is 18.2. The Morgan fingerprint density at radius 1 is 1.16 bits per heavy atom. The number of hydrogen-bond donors (Lipinski definition) is 3. The molecule has 8 nitrogen and oxygen atoms in total. The summed E-state index contributed by atoms with van der Waals surface area (Å²) in [7, 11) is -2.39. The first kappa shape index (κ1) is 23.9. The highest BCUT2D eigenvalue weighted by Gasteiger charge is 2.31. The number of benzene rings is 2. The molecule has 0 spiro atoms. The first-order valence-electron chi connectivity index (χ1n) is 9.93. The van der Waals surface area contributed by atoms with Crippen LogP contribution in [0.15, 0.2) is 65.6 Å². The van der Waals surface area contributed by atoms with Crippen LogP contribution >= 0.6 is 0 Å². The highest BCUT2D eigenvalue weighted by Crippen LogP contribution is 2.20. The van der Waals surface area contributed by atoms with E-state index in [4.69, 9.17) is 9.47 Å². The van der Waals surface area contributed by atoms with E-state index in [9.17, 15) is 22.7 Å². The molecule has 0 saturated carbocycles. The van der Waals surface area contributed by atoms with Crippen LogP contribution < -0.4 is 14.8 Å². The topological polar surface area (TPSA) is 114 Å². The number of hydrogen-bond acceptors (Lipinski definition) is 6. The Hall–Kier alpha value is -2.79. The van der Waals surface area contributed by atoms with Gasteiger partial charge >= 0.3 is 0 Å². The Balaban J connectivity index is 1.59. The Morgan fingerprint density at radius 2 is 1.88 bits per heavy atom. The number of nitrogens with one attached hydrogen (secondary N) is 2. The average Bonchev–Trinajstić information content (AvgIpc) is 2.79. The highest BCUT2D eigenvalue weighted by atomic mass is 32.2. The minimum Gasteiger partial charge on any atom is -0.497 e. The van der Waals surface area contributed by atoms with Crippen LogP contribution in [0, 0.1) is 5.82 Å². The van der Waals surface area contributed by atoms with Gasteiger partial charge in [0.15, 0.2) is 0 Å². The lowest BCUT2D eigenvalue weighted by atomic mass is 10.1. The van der Waals surface area contributed by atoms with Crippen molar-refractivity contribution in [2.45, 2.75) is 36.1 Å². The van der Waals surface area contributed by atoms with E-state index in [1.807, 2.05) is 0 Å². The van der Waals surface area contributed by atoms with Crippen LogP contribution in [0.5, 0.6) is 5.75 Å². The molecule has 3 rings (SSSR count). The molecule has 10 heteroatoms. The summed E-state index contributed by atoms with van der Waals surface area (Å²) in [5.74, 6) is -0.250. The molecule has 0 aromatic heterocycles. The van der Waals surface area contributed by atoms with Gasteiger partial charge in [0.25, 0.3) is 0 Å². The second-order valence-electron chi connectivity index (χ2n) is 7.18. The third-order valence-electron chi connectivity index (χ3n) is 4.94. The molecular formula is C22H25FN2O6S.